The normalized spacial score (nSPS) is 17.0. The largest absolute Gasteiger partial charge is 0.432 e. The number of carbonyl (C=O) groups excluding carboxylic acids is 2. The average molecular weight is 391 g/mol. The molecule has 1 aromatic heterocycles. The second-order valence-electron chi connectivity index (χ2n) is 6.68. The van der Waals surface area contributed by atoms with Gasteiger partial charge in [0, 0.05) is 24.7 Å². The van der Waals surface area contributed by atoms with E-state index >= 15 is 0 Å². The molecule has 0 bridgehead atoms. The van der Waals surface area contributed by atoms with Crippen molar-refractivity contribution >= 4 is 11.6 Å². The molecule has 2 aromatic rings. The summed E-state index contributed by atoms with van der Waals surface area (Å²) < 4.78 is 45.3. The summed E-state index contributed by atoms with van der Waals surface area (Å²) in [6.07, 6.45) is 3.43. The van der Waals surface area contributed by atoms with Crippen molar-refractivity contribution in [2.45, 2.75) is 12.8 Å². The Morgan fingerprint density at radius 2 is 1.79 bits per heavy atom. The van der Waals surface area contributed by atoms with Crippen LogP contribution in [0.15, 0.2) is 28.3 Å². The van der Waals surface area contributed by atoms with Gasteiger partial charge in [0.15, 0.2) is 23.1 Å². The van der Waals surface area contributed by atoms with Crippen LogP contribution in [0, 0.1) is 17.5 Å². The number of benzene rings is 1. The zero-order valence-electron chi connectivity index (χ0n) is 14.7. The Morgan fingerprint density at radius 3 is 2.46 bits per heavy atom. The zero-order chi connectivity index (χ0) is 19.8. The number of rotatable bonds is 5. The molecule has 0 radical (unpaired) electrons. The Morgan fingerprint density at radius 1 is 1.11 bits per heavy atom. The zero-order valence-corrected chi connectivity index (χ0v) is 14.7. The van der Waals surface area contributed by atoms with E-state index in [1.54, 1.807) is 0 Å². The van der Waals surface area contributed by atoms with E-state index in [-0.39, 0.29) is 28.6 Å². The fraction of sp³-hybridized carbons (Fsp3) is 0.316. The number of likely N-dealkylation sites (tertiary alicyclic amines) is 1. The number of allylic oxidation sites excluding steroid dienone is 2. The monoisotopic (exact) mass is 391 g/mol. The first kappa shape index (κ1) is 18.4. The van der Waals surface area contributed by atoms with Crippen LogP contribution >= 0.6 is 0 Å². The number of Topliss-reactive ketones (excluding diaryl/α,β-unsaturated/α-hetero) is 1. The van der Waals surface area contributed by atoms with E-state index < -0.39 is 29.0 Å². The minimum Gasteiger partial charge on any atom is -0.432 e. The van der Waals surface area contributed by atoms with Crippen LogP contribution in [0.1, 0.15) is 33.9 Å². The summed E-state index contributed by atoms with van der Waals surface area (Å²) in [4.78, 5) is 31.0. The Balaban J connectivity index is 1.54. The van der Waals surface area contributed by atoms with Crippen molar-refractivity contribution in [3.8, 4) is 11.5 Å². The number of hydrogen-bond acceptors (Lipinski definition) is 6. The highest BCUT2D eigenvalue weighted by atomic mass is 19.2. The van der Waals surface area contributed by atoms with E-state index in [1.807, 2.05) is 0 Å². The molecule has 1 saturated heterocycles. The van der Waals surface area contributed by atoms with Gasteiger partial charge < -0.3 is 14.6 Å². The van der Waals surface area contributed by atoms with Gasteiger partial charge in [-0.3, -0.25) is 9.59 Å². The molecular weight excluding hydrogens is 375 g/mol. The van der Waals surface area contributed by atoms with Crippen molar-refractivity contribution in [2.75, 3.05) is 26.2 Å². The third-order valence-corrected chi connectivity index (χ3v) is 4.76. The minimum absolute atomic E-state index is 0.0795. The first-order valence-corrected chi connectivity index (χ1v) is 8.86. The molecular formula is C19H16F3N3O3. The lowest BCUT2D eigenvalue weighted by Crippen LogP contribution is -2.33. The molecule has 1 fully saturated rings. The maximum Gasteiger partial charge on any atom is 0.246 e. The smallest absolute Gasteiger partial charge is 0.246 e. The van der Waals surface area contributed by atoms with Gasteiger partial charge in [-0.05, 0) is 38.1 Å². The van der Waals surface area contributed by atoms with Gasteiger partial charge in [0.05, 0.1) is 5.70 Å². The quantitative estimate of drug-likeness (QED) is 0.790. The average Bonchev–Trinajstić information content (AvgIpc) is 3.33. The predicted molar refractivity (Wildman–Crippen MR) is 92.2 cm³/mol. The maximum absolute atomic E-state index is 13.4. The fourth-order valence-corrected chi connectivity index (χ4v) is 3.32. The number of nitrogens with one attached hydrogen (secondary N) is 1. The van der Waals surface area contributed by atoms with Gasteiger partial charge in [0.25, 0.3) is 0 Å². The second kappa shape index (κ2) is 7.23. The number of hydrogen-bond donors (Lipinski definition) is 1. The van der Waals surface area contributed by atoms with Crippen LogP contribution < -0.4 is 5.32 Å². The lowest BCUT2D eigenvalue weighted by molar-refractivity contribution is 0.0956. The van der Waals surface area contributed by atoms with E-state index in [0.717, 1.165) is 38.6 Å². The molecule has 0 spiro atoms. The highest BCUT2D eigenvalue weighted by molar-refractivity contribution is 6.22. The van der Waals surface area contributed by atoms with E-state index in [0.29, 0.717) is 18.7 Å². The van der Waals surface area contributed by atoms with E-state index in [2.05, 4.69) is 15.2 Å². The highest BCUT2D eigenvalue weighted by Gasteiger charge is 2.32. The lowest BCUT2D eigenvalue weighted by Gasteiger charge is -2.17. The first-order chi connectivity index (χ1) is 13.4. The molecule has 0 unspecified atom stereocenters. The molecule has 2 heterocycles. The summed E-state index contributed by atoms with van der Waals surface area (Å²) in [7, 11) is 0. The minimum atomic E-state index is -1.63. The molecule has 9 heteroatoms. The van der Waals surface area contributed by atoms with Crippen molar-refractivity contribution in [3.05, 3.63) is 52.8 Å². The van der Waals surface area contributed by atoms with Crippen molar-refractivity contribution in [2.24, 2.45) is 0 Å². The molecule has 1 aliphatic heterocycles. The molecule has 4 rings (SSSR count). The standard InChI is InChI=1S/C19H16F3N3O3/c20-11-7-10(8-12(21)15(11)22)19-24-16-14(26)9-13(17(27)18(16)28-19)23-3-6-25-4-1-2-5-25/h7-9,23H,1-6H2. The van der Waals surface area contributed by atoms with E-state index in [9.17, 15) is 22.8 Å². The van der Waals surface area contributed by atoms with Crippen LogP contribution in [0.2, 0.25) is 0 Å². The molecule has 146 valence electrons. The SMILES string of the molecule is O=C1C=C(NCCN2CCCC2)C(=O)c2oc(-c3cc(F)c(F)c(F)c3)nc21. The Kier molecular flexibility index (Phi) is 4.76. The van der Waals surface area contributed by atoms with Crippen LogP contribution in [0.4, 0.5) is 13.2 Å². The van der Waals surface area contributed by atoms with Gasteiger partial charge >= 0.3 is 0 Å². The summed E-state index contributed by atoms with van der Waals surface area (Å²) in [5.74, 6) is -6.25. The Hall–Kier alpha value is -2.94. The summed E-state index contributed by atoms with van der Waals surface area (Å²) in [6, 6.07) is 1.38. The number of oxazole rings is 1. The Bertz CT molecular complexity index is 971. The number of nitrogens with zero attached hydrogens (tertiary/aromatic N) is 2. The second-order valence-corrected chi connectivity index (χ2v) is 6.68. The predicted octanol–water partition coefficient (Wildman–Crippen LogP) is 2.71. The molecule has 0 saturated carbocycles. The molecule has 0 amide bonds. The third-order valence-electron chi connectivity index (χ3n) is 4.76. The third kappa shape index (κ3) is 3.33. The number of carbonyl (C=O) groups is 2. The van der Waals surface area contributed by atoms with Crippen molar-refractivity contribution in [1.29, 1.82) is 0 Å². The molecule has 1 N–H and O–H groups in total. The molecule has 1 aromatic carbocycles. The molecule has 6 nitrogen and oxygen atoms in total. The van der Waals surface area contributed by atoms with Gasteiger partial charge in [-0.2, -0.15) is 0 Å². The molecule has 0 atom stereocenters. The van der Waals surface area contributed by atoms with Gasteiger partial charge in [0.2, 0.25) is 23.2 Å². The summed E-state index contributed by atoms with van der Waals surface area (Å²) in [5, 5.41) is 2.94. The van der Waals surface area contributed by atoms with Gasteiger partial charge in [-0.25, -0.2) is 18.2 Å². The van der Waals surface area contributed by atoms with Gasteiger partial charge in [-0.15, -0.1) is 0 Å². The van der Waals surface area contributed by atoms with Crippen LogP contribution in [0.25, 0.3) is 11.5 Å². The summed E-state index contributed by atoms with van der Waals surface area (Å²) in [5.41, 5.74) is -0.374. The molecule has 2 aliphatic rings. The Labute approximate surface area is 158 Å². The van der Waals surface area contributed by atoms with E-state index in [1.165, 1.54) is 0 Å². The van der Waals surface area contributed by atoms with Crippen molar-refractivity contribution in [3.63, 3.8) is 0 Å². The van der Waals surface area contributed by atoms with Gasteiger partial charge in [-0.1, -0.05) is 0 Å². The van der Waals surface area contributed by atoms with Crippen LogP contribution in [0.3, 0.4) is 0 Å². The maximum atomic E-state index is 13.4. The van der Waals surface area contributed by atoms with Crippen LogP contribution in [0.5, 0.6) is 0 Å². The number of ketones is 2. The number of fused-ring (bicyclic) bond motifs is 1. The number of halogens is 3. The summed E-state index contributed by atoms with van der Waals surface area (Å²) in [6.45, 7) is 3.24. The fourth-order valence-electron chi connectivity index (χ4n) is 3.32. The van der Waals surface area contributed by atoms with Gasteiger partial charge in [0.1, 0.15) is 0 Å². The highest BCUT2D eigenvalue weighted by Crippen LogP contribution is 2.28. The van der Waals surface area contributed by atoms with Crippen LogP contribution in [-0.4, -0.2) is 47.6 Å². The van der Waals surface area contributed by atoms with Crippen molar-refractivity contribution in [1.82, 2.24) is 15.2 Å². The summed E-state index contributed by atoms with van der Waals surface area (Å²) >= 11 is 0. The lowest BCUT2D eigenvalue weighted by atomic mass is 10.0. The number of aromatic nitrogens is 1. The molecule has 28 heavy (non-hydrogen) atoms. The molecule has 1 aliphatic carbocycles. The van der Waals surface area contributed by atoms with Crippen LogP contribution in [-0.2, 0) is 0 Å². The topological polar surface area (TPSA) is 75.4 Å². The van der Waals surface area contributed by atoms with E-state index in [4.69, 9.17) is 4.42 Å². The first-order valence-electron chi connectivity index (χ1n) is 8.86. The van der Waals surface area contributed by atoms with Crippen molar-refractivity contribution < 1.29 is 27.2 Å².